The quantitative estimate of drug-likeness (QED) is 0.476. The fourth-order valence-electron chi connectivity index (χ4n) is 4.88. The largest absolute Gasteiger partial charge is 0.448 e. The molecular weight excluding hydrogens is 404 g/mol. The van der Waals surface area contributed by atoms with Gasteiger partial charge >= 0.3 is 0 Å². The van der Waals surface area contributed by atoms with Crippen LogP contribution in [0.2, 0.25) is 0 Å². The van der Waals surface area contributed by atoms with Crippen molar-refractivity contribution in [3.05, 3.63) is 77.0 Å². The lowest BCUT2D eigenvalue weighted by Gasteiger charge is -2.21. The molecule has 0 atom stereocenters. The second kappa shape index (κ2) is 7.12. The fraction of sp³-hybridized carbons (Fsp3) is 0.231. The van der Waals surface area contributed by atoms with Crippen LogP contribution in [0.4, 0.5) is 5.69 Å². The van der Waals surface area contributed by atoms with Crippen LogP contribution in [-0.4, -0.2) is 16.3 Å². The van der Waals surface area contributed by atoms with Crippen molar-refractivity contribution >= 4 is 33.4 Å². The zero-order chi connectivity index (χ0) is 21.7. The van der Waals surface area contributed by atoms with Crippen LogP contribution in [0, 0.1) is 0 Å². The van der Waals surface area contributed by atoms with Gasteiger partial charge in [0.05, 0.1) is 11.0 Å². The molecule has 1 aliphatic heterocycles. The number of nitrogens with one attached hydrogen (secondary N) is 1. The molecule has 1 saturated carbocycles. The summed E-state index contributed by atoms with van der Waals surface area (Å²) in [6.45, 7) is 0.0830. The van der Waals surface area contributed by atoms with Gasteiger partial charge in [0.1, 0.15) is 6.54 Å². The van der Waals surface area contributed by atoms with E-state index < -0.39 is 5.79 Å². The molecule has 4 aromatic rings. The van der Waals surface area contributed by atoms with Crippen LogP contribution in [0.25, 0.3) is 21.8 Å². The molecule has 160 valence electrons. The molecule has 1 aromatic heterocycles. The first-order valence-electron chi connectivity index (χ1n) is 10.9. The maximum atomic E-state index is 13.0. The fourth-order valence-corrected chi connectivity index (χ4v) is 4.88. The number of aromatic nitrogens is 1. The second-order valence-electron chi connectivity index (χ2n) is 8.48. The number of ether oxygens (including phenoxy) is 2. The normalized spacial score (nSPS) is 16.1. The SMILES string of the molecule is O=C(Cn1c2ccccc2c(=O)c2ccccc21)Nc1ccc2c(c1)OC1(CCCC1)O2. The van der Waals surface area contributed by atoms with Crippen LogP contribution in [0.3, 0.4) is 0 Å². The lowest BCUT2D eigenvalue weighted by Crippen LogP contribution is -2.34. The smallest absolute Gasteiger partial charge is 0.251 e. The highest BCUT2D eigenvalue weighted by Gasteiger charge is 2.44. The summed E-state index contributed by atoms with van der Waals surface area (Å²) >= 11 is 0. The average Bonchev–Trinajstić information content (AvgIpc) is 3.42. The molecular formula is C26H22N2O4. The number of pyridine rings is 1. The number of para-hydroxylation sites is 2. The minimum absolute atomic E-state index is 0.0236. The number of carbonyl (C=O) groups is 1. The van der Waals surface area contributed by atoms with Gasteiger partial charge in [-0.3, -0.25) is 9.59 Å². The summed E-state index contributed by atoms with van der Waals surface area (Å²) in [6.07, 6.45) is 3.96. The number of hydrogen-bond donors (Lipinski definition) is 1. The molecule has 0 radical (unpaired) electrons. The second-order valence-corrected chi connectivity index (χ2v) is 8.48. The van der Waals surface area contributed by atoms with Crippen molar-refractivity contribution in [3.63, 3.8) is 0 Å². The Morgan fingerprint density at radius 1 is 0.875 bits per heavy atom. The van der Waals surface area contributed by atoms with Crippen molar-refractivity contribution in [2.24, 2.45) is 0 Å². The van der Waals surface area contributed by atoms with Crippen molar-refractivity contribution in [2.75, 3.05) is 5.32 Å². The summed E-state index contributed by atoms with van der Waals surface area (Å²) < 4.78 is 14.1. The highest BCUT2D eigenvalue weighted by Crippen LogP contribution is 2.47. The molecule has 2 heterocycles. The highest BCUT2D eigenvalue weighted by molar-refractivity contribution is 5.97. The number of hydrogen-bond acceptors (Lipinski definition) is 4. The average molecular weight is 426 g/mol. The number of rotatable bonds is 3. The lowest BCUT2D eigenvalue weighted by molar-refractivity contribution is -0.116. The van der Waals surface area contributed by atoms with Gasteiger partial charge in [0.25, 0.3) is 5.79 Å². The molecule has 6 heteroatoms. The topological polar surface area (TPSA) is 69.6 Å². The molecule has 1 N–H and O–H groups in total. The summed E-state index contributed by atoms with van der Waals surface area (Å²) in [4.78, 5) is 25.9. The van der Waals surface area contributed by atoms with E-state index >= 15 is 0 Å². The monoisotopic (exact) mass is 426 g/mol. The molecule has 2 aliphatic rings. The summed E-state index contributed by atoms with van der Waals surface area (Å²) in [5.41, 5.74) is 2.10. The van der Waals surface area contributed by atoms with Crippen molar-refractivity contribution in [1.29, 1.82) is 0 Å². The van der Waals surface area contributed by atoms with Crippen molar-refractivity contribution in [2.45, 2.75) is 38.0 Å². The van der Waals surface area contributed by atoms with Crippen molar-refractivity contribution in [3.8, 4) is 11.5 Å². The first-order valence-corrected chi connectivity index (χ1v) is 10.9. The van der Waals surface area contributed by atoms with Gasteiger partial charge in [-0.1, -0.05) is 24.3 Å². The standard InChI is InChI=1S/C26H22N2O4/c29-24(27-17-11-12-22-23(15-17)32-26(31-22)13-5-6-14-26)16-28-20-9-3-1-7-18(20)25(30)19-8-2-4-10-21(19)28/h1-4,7-12,15H,5-6,13-14,16H2,(H,27,29). The lowest BCUT2D eigenvalue weighted by atomic mass is 10.1. The molecule has 1 amide bonds. The molecule has 32 heavy (non-hydrogen) atoms. The first-order chi connectivity index (χ1) is 15.6. The van der Waals surface area contributed by atoms with Crippen molar-refractivity contribution in [1.82, 2.24) is 4.57 Å². The van der Waals surface area contributed by atoms with Gasteiger partial charge in [-0.2, -0.15) is 0 Å². The Hall–Kier alpha value is -3.80. The minimum Gasteiger partial charge on any atom is -0.448 e. The summed E-state index contributed by atoms with van der Waals surface area (Å²) in [6, 6.07) is 20.3. The van der Waals surface area contributed by atoms with E-state index in [-0.39, 0.29) is 17.9 Å². The van der Waals surface area contributed by atoms with Gasteiger partial charge in [0.2, 0.25) is 5.91 Å². The molecule has 6 rings (SSSR count). The van der Waals surface area contributed by atoms with E-state index in [1.54, 1.807) is 12.1 Å². The number of anilines is 1. The summed E-state index contributed by atoms with van der Waals surface area (Å²) in [7, 11) is 0. The summed E-state index contributed by atoms with van der Waals surface area (Å²) in [5, 5.41) is 4.17. The third kappa shape index (κ3) is 3.02. The van der Waals surface area contributed by atoms with Gasteiger partial charge < -0.3 is 19.4 Å². The van der Waals surface area contributed by atoms with Crippen LogP contribution < -0.4 is 20.2 Å². The molecule has 0 unspecified atom stereocenters. The Kier molecular flexibility index (Phi) is 4.21. The van der Waals surface area contributed by atoms with E-state index in [0.29, 0.717) is 22.2 Å². The third-order valence-corrected chi connectivity index (χ3v) is 6.37. The van der Waals surface area contributed by atoms with Crippen LogP contribution in [0.15, 0.2) is 71.5 Å². The number of benzene rings is 3. The van der Waals surface area contributed by atoms with E-state index in [1.807, 2.05) is 59.2 Å². The van der Waals surface area contributed by atoms with E-state index in [4.69, 9.17) is 9.47 Å². The van der Waals surface area contributed by atoms with Gasteiger partial charge in [-0.15, -0.1) is 0 Å². The first kappa shape index (κ1) is 18.9. The van der Waals surface area contributed by atoms with E-state index in [1.165, 1.54) is 0 Å². The van der Waals surface area contributed by atoms with Gasteiger partial charge in [-0.05, 0) is 49.2 Å². The van der Waals surface area contributed by atoms with E-state index in [9.17, 15) is 9.59 Å². The number of carbonyl (C=O) groups excluding carboxylic acids is 1. The van der Waals surface area contributed by atoms with E-state index in [0.717, 1.165) is 42.5 Å². The molecule has 1 fully saturated rings. The number of fused-ring (bicyclic) bond motifs is 3. The molecule has 6 nitrogen and oxygen atoms in total. The van der Waals surface area contributed by atoms with Crippen LogP contribution in [0.5, 0.6) is 11.5 Å². The van der Waals surface area contributed by atoms with Crippen LogP contribution in [0.1, 0.15) is 25.7 Å². The van der Waals surface area contributed by atoms with E-state index in [2.05, 4.69) is 5.32 Å². The Balaban J connectivity index is 1.31. The third-order valence-electron chi connectivity index (χ3n) is 6.37. The van der Waals surface area contributed by atoms with Crippen molar-refractivity contribution < 1.29 is 14.3 Å². The Morgan fingerprint density at radius 2 is 1.50 bits per heavy atom. The zero-order valence-corrected chi connectivity index (χ0v) is 17.5. The molecule has 1 spiro atoms. The molecule has 1 aliphatic carbocycles. The minimum atomic E-state index is -0.529. The Bertz CT molecular complexity index is 1370. The van der Waals surface area contributed by atoms with Crippen LogP contribution in [-0.2, 0) is 11.3 Å². The van der Waals surface area contributed by atoms with Gasteiger partial charge in [-0.25, -0.2) is 0 Å². The maximum Gasteiger partial charge on any atom is 0.251 e. The number of nitrogens with zero attached hydrogens (tertiary/aromatic N) is 1. The Labute approximate surface area is 184 Å². The predicted octanol–water partition coefficient (Wildman–Crippen LogP) is 4.83. The van der Waals surface area contributed by atoms with Crippen LogP contribution >= 0.6 is 0 Å². The maximum absolute atomic E-state index is 13.0. The highest BCUT2D eigenvalue weighted by atomic mass is 16.7. The molecule has 0 saturated heterocycles. The number of amides is 1. The molecule has 3 aromatic carbocycles. The zero-order valence-electron chi connectivity index (χ0n) is 17.5. The molecule has 0 bridgehead atoms. The Morgan fingerprint density at radius 3 is 2.19 bits per heavy atom. The van der Waals surface area contributed by atoms with Gasteiger partial charge in [0.15, 0.2) is 16.9 Å². The summed E-state index contributed by atoms with van der Waals surface area (Å²) in [5.74, 6) is 0.684. The van der Waals surface area contributed by atoms with Gasteiger partial charge in [0, 0.05) is 35.4 Å². The predicted molar refractivity (Wildman–Crippen MR) is 123 cm³/mol.